The highest BCUT2D eigenvalue weighted by Gasteiger charge is 2.28. The number of rotatable bonds is 9. The van der Waals surface area contributed by atoms with E-state index in [9.17, 15) is 22.4 Å². The van der Waals surface area contributed by atoms with E-state index < -0.39 is 15.8 Å². The van der Waals surface area contributed by atoms with Gasteiger partial charge in [0.2, 0.25) is 15.9 Å². The van der Waals surface area contributed by atoms with E-state index in [0.29, 0.717) is 70.7 Å². The Morgan fingerprint density at radius 2 is 1.90 bits per heavy atom. The van der Waals surface area contributed by atoms with E-state index >= 15 is 0 Å². The summed E-state index contributed by atoms with van der Waals surface area (Å²) < 4.78 is 46.0. The fraction of sp³-hybridized carbons (Fsp3) is 0.281. The first kappa shape index (κ1) is 31.7. The minimum Gasteiger partial charge on any atom is -0.408 e. The third-order valence-corrected chi connectivity index (χ3v) is 10.6. The van der Waals surface area contributed by atoms with Crippen molar-refractivity contribution in [3.05, 3.63) is 87.7 Å². The van der Waals surface area contributed by atoms with Crippen molar-refractivity contribution in [2.75, 3.05) is 36.6 Å². The van der Waals surface area contributed by atoms with Crippen LogP contribution in [0.15, 0.2) is 69.2 Å². The molecule has 4 aromatic heterocycles. The number of benzene rings is 2. The average molecular weight is 691 g/mol. The molecule has 1 saturated heterocycles. The Hall–Kier alpha value is -4.93. The Labute approximate surface area is 278 Å². The lowest BCUT2D eigenvalue weighted by molar-refractivity contribution is -0.116. The molecule has 2 N–H and O–H groups in total. The number of oxazole rings is 1. The van der Waals surface area contributed by atoms with E-state index in [1.807, 2.05) is 29.5 Å². The molecule has 0 radical (unpaired) electrons. The molecule has 1 aliphatic heterocycles. The molecular formula is C32H31FN8O5S2. The second-order valence-corrected chi connectivity index (χ2v) is 14.5. The smallest absolute Gasteiger partial charge is 0.408 e. The number of nitrogens with zero attached hydrogens (tertiary/aromatic N) is 6. The van der Waals surface area contributed by atoms with Gasteiger partial charge in [-0.1, -0.05) is 0 Å². The van der Waals surface area contributed by atoms with Crippen LogP contribution >= 0.6 is 11.3 Å². The van der Waals surface area contributed by atoms with Gasteiger partial charge >= 0.3 is 5.76 Å². The number of piperidine rings is 1. The first-order chi connectivity index (χ1) is 23.0. The minimum absolute atomic E-state index is 0.0638. The SMILES string of the molecule is CN(c1nc(-c2ccc(F)cc2)cs1)c1c(CCC(=O)Nc2ccc3[nH]c(=O)oc3c2)nc2ccc(C3CCN(S(C)(=O)=O)CC3)nn12. The number of nitrogens with one attached hydrogen (secondary N) is 2. The number of H-pyrrole nitrogens is 1. The highest BCUT2D eigenvalue weighted by Crippen LogP contribution is 2.35. The largest absolute Gasteiger partial charge is 0.417 e. The average Bonchev–Trinajstić information content (AvgIpc) is 3.79. The van der Waals surface area contributed by atoms with Gasteiger partial charge in [0, 0.05) is 61.6 Å². The number of hydrogen-bond acceptors (Lipinski definition) is 10. The number of aromatic nitrogens is 5. The molecule has 48 heavy (non-hydrogen) atoms. The Morgan fingerprint density at radius 1 is 1.12 bits per heavy atom. The van der Waals surface area contributed by atoms with Crippen LogP contribution in [0.2, 0.25) is 0 Å². The van der Waals surface area contributed by atoms with Crippen LogP contribution in [0.5, 0.6) is 0 Å². The van der Waals surface area contributed by atoms with Crippen molar-refractivity contribution in [1.82, 2.24) is 28.9 Å². The lowest BCUT2D eigenvalue weighted by atomic mass is 9.94. The minimum atomic E-state index is -3.26. The number of aromatic amines is 1. The summed E-state index contributed by atoms with van der Waals surface area (Å²) >= 11 is 1.41. The molecule has 1 fully saturated rings. The highest BCUT2D eigenvalue weighted by atomic mass is 32.2. The number of halogens is 1. The summed E-state index contributed by atoms with van der Waals surface area (Å²) in [5, 5.41) is 10.4. The predicted octanol–water partition coefficient (Wildman–Crippen LogP) is 4.90. The van der Waals surface area contributed by atoms with Gasteiger partial charge in [-0.2, -0.15) is 9.61 Å². The van der Waals surface area contributed by atoms with E-state index in [1.54, 1.807) is 34.8 Å². The van der Waals surface area contributed by atoms with Crippen LogP contribution in [0, 0.1) is 5.82 Å². The van der Waals surface area contributed by atoms with Gasteiger partial charge in [-0.25, -0.2) is 31.9 Å². The van der Waals surface area contributed by atoms with Gasteiger partial charge in [-0.05, 0) is 61.4 Å². The quantitative estimate of drug-likeness (QED) is 0.215. The van der Waals surface area contributed by atoms with E-state index in [1.165, 1.54) is 34.0 Å². The van der Waals surface area contributed by atoms with Crippen LogP contribution in [0.4, 0.5) is 21.0 Å². The monoisotopic (exact) mass is 690 g/mol. The van der Waals surface area contributed by atoms with Crippen LogP contribution in [0.1, 0.15) is 36.6 Å². The summed E-state index contributed by atoms with van der Waals surface area (Å²) in [5.74, 6) is -0.445. The lowest BCUT2D eigenvalue weighted by Gasteiger charge is -2.29. The lowest BCUT2D eigenvalue weighted by Crippen LogP contribution is -2.37. The number of carbonyl (C=O) groups excluding carboxylic acids is 1. The van der Waals surface area contributed by atoms with Gasteiger partial charge in [0.25, 0.3) is 0 Å². The Morgan fingerprint density at radius 3 is 2.65 bits per heavy atom. The molecule has 16 heteroatoms. The molecule has 0 bridgehead atoms. The van der Waals surface area contributed by atoms with Gasteiger partial charge in [0.1, 0.15) is 5.82 Å². The predicted molar refractivity (Wildman–Crippen MR) is 181 cm³/mol. The number of carbonyl (C=O) groups is 1. The topological polar surface area (TPSA) is 159 Å². The number of sulfonamides is 1. The fourth-order valence-corrected chi connectivity index (χ4v) is 7.60. The zero-order chi connectivity index (χ0) is 33.6. The fourth-order valence-electron chi connectivity index (χ4n) is 5.93. The molecule has 0 atom stereocenters. The molecule has 1 amide bonds. The van der Waals surface area contributed by atoms with Crippen molar-refractivity contribution in [2.45, 2.75) is 31.6 Å². The third kappa shape index (κ3) is 6.46. The van der Waals surface area contributed by atoms with Crippen LogP contribution in [0.25, 0.3) is 28.0 Å². The van der Waals surface area contributed by atoms with Crippen LogP contribution in [0.3, 0.4) is 0 Å². The molecule has 0 saturated carbocycles. The molecule has 248 valence electrons. The molecule has 0 spiro atoms. The van der Waals surface area contributed by atoms with Crippen molar-refractivity contribution in [2.24, 2.45) is 0 Å². The molecule has 2 aromatic carbocycles. The van der Waals surface area contributed by atoms with E-state index in [4.69, 9.17) is 19.5 Å². The molecule has 0 aliphatic carbocycles. The maximum absolute atomic E-state index is 13.6. The highest BCUT2D eigenvalue weighted by molar-refractivity contribution is 7.88. The van der Waals surface area contributed by atoms with Crippen LogP contribution in [-0.2, 0) is 21.2 Å². The first-order valence-electron chi connectivity index (χ1n) is 15.2. The number of anilines is 3. The molecule has 0 unspecified atom stereocenters. The molecule has 13 nitrogen and oxygen atoms in total. The third-order valence-electron chi connectivity index (χ3n) is 8.42. The number of aryl methyl sites for hydroxylation is 1. The van der Waals surface area contributed by atoms with Gasteiger partial charge in [-0.3, -0.25) is 9.78 Å². The Balaban J connectivity index is 1.18. The van der Waals surface area contributed by atoms with Gasteiger partial charge < -0.3 is 14.6 Å². The summed E-state index contributed by atoms with van der Waals surface area (Å²) in [4.78, 5) is 38.7. The molecule has 6 aromatic rings. The second kappa shape index (κ2) is 12.6. The van der Waals surface area contributed by atoms with Crippen molar-refractivity contribution in [1.29, 1.82) is 0 Å². The zero-order valence-electron chi connectivity index (χ0n) is 26.0. The molecular weight excluding hydrogens is 660 g/mol. The van der Waals surface area contributed by atoms with Gasteiger partial charge in [-0.15, -0.1) is 11.3 Å². The number of hydrogen-bond donors (Lipinski definition) is 2. The zero-order valence-corrected chi connectivity index (χ0v) is 27.6. The molecule has 7 rings (SSSR count). The first-order valence-corrected chi connectivity index (χ1v) is 18.0. The van der Waals surface area contributed by atoms with Crippen molar-refractivity contribution < 1.29 is 22.0 Å². The van der Waals surface area contributed by atoms with E-state index in [-0.39, 0.29) is 30.5 Å². The number of imidazole rings is 1. The number of amides is 1. The summed E-state index contributed by atoms with van der Waals surface area (Å²) in [7, 11) is -1.40. The second-order valence-electron chi connectivity index (χ2n) is 11.7. The molecule has 1 aliphatic rings. The van der Waals surface area contributed by atoms with Crippen molar-refractivity contribution >= 4 is 60.7 Å². The van der Waals surface area contributed by atoms with Crippen molar-refractivity contribution in [3.8, 4) is 11.3 Å². The standard InChI is InChI=1S/C32H31FN8O5S2/c1-39(31-36-26(18-47-31)19-3-5-21(33)6-4-19)30-25(10-12-29(42)34-22-7-8-24-27(17-22)46-32(43)37-24)35-28-11-9-23(38-41(28)30)20-13-15-40(16-14-20)48(2,44)45/h3-9,11,17-18,20H,10,12-16H2,1-2H3,(H,34,42)(H,37,43). The number of fused-ring (bicyclic) bond motifs is 2. The summed E-state index contributed by atoms with van der Waals surface area (Å²) in [6.07, 6.45) is 2.91. The van der Waals surface area contributed by atoms with Crippen LogP contribution < -0.4 is 16.0 Å². The maximum Gasteiger partial charge on any atom is 0.417 e. The summed E-state index contributed by atoms with van der Waals surface area (Å²) in [6.45, 7) is 0.851. The Bertz CT molecular complexity index is 2300. The number of thiazole rings is 1. The normalized spacial score (nSPS) is 14.6. The van der Waals surface area contributed by atoms with E-state index in [2.05, 4.69) is 10.3 Å². The van der Waals surface area contributed by atoms with Gasteiger partial charge in [0.15, 0.2) is 22.2 Å². The Kier molecular flexibility index (Phi) is 8.30. The van der Waals surface area contributed by atoms with Gasteiger partial charge in [0.05, 0.1) is 28.9 Å². The van der Waals surface area contributed by atoms with Crippen LogP contribution in [-0.4, -0.2) is 69.6 Å². The summed E-state index contributed by atoms with van der Waals surface area (Å²) in [6, 6.07) is 14.9. The van der Waals surface area contributed by atoms with Crippen molar-refractivity contribution in [3.63, 3.8) is 0 Å². The molecule has 5 heterocycles. The van der Waals surface area contributed by atoms with E-state index in [0.717, 1.165) is 11.3 Å². The maximum atomic E-state index is 13.6. The summed E-state index contributed by atoms with van der Waals surface area (Å²) in [5.41, 5.74) is 4.89.